The van der Waals surface area contributed by atoms with Gasteiger partial charge in [0.15, 0.2) is 0 Å². The normalized spacial score (nSPS) is 11.6. The molecular weight excluding hydrogens is 347 g/mol. The Bertz CT molecular complexity index is 844. The third kappa shape index (κ3) is 5.24. The molecule has 7 heteroatoms. The van der Waals surface area contributed by atoms with E-state index in [2.05, 4.69) is 4.74 Å². The zero-order valence-electron chi connectivity index (χ0n) is 14.3. The van der Waals surface area contributed by atoms with Gasteiger partial charge in [0.2, 0.25) is 0 Å². The maximum Gasteiger partial charge on any atom is 0.573 e. The Hall–Kier alpha value is -3.01. The molecule has 0 atom stereocenters. The van der Waals surface area contributed by atoms with E-state index in [4.69, 9.17) is 4.74 Å². The van der Waals surface area contributed by atoms with Crippen LogP contribution in [0.15, 0.2) is 42.5 Å². The Kier molecular flexibility index (Phi) is 5.26. The Morgan fingerprint density at radius 2 is 1.65 bits per heavy atom. The topological polar surface area (TPSA) is 59.3 Å². The fraction of sp³-hybridized carbons (Fsp3) is 0.263. The van der Waals surface area contributed by atoms with Crippen LogP contribution in [0.25, 0.3) is 11.1 Å². The highest BCUT2D eigenvalue weighted by Gasteiger charge is 2.31. The van der Waals surface area contributed by atoms with Gasteiger partial charge in [-0.05, 0) is 62.2 Å². The van der Waals surface area contributed by atoms with Crippen molar-refractivity contribution in [1.82, 2.24) is 0 Å². The first-order valence-corrected chi connectivity index (χ1v) is 7.62. The molecule has 0 saturated heterocycles. The van der Waals surface area contributed by atoms with Crippen molar-refractivity contribution in [1.29, 1.82) is 5.26 Å². The van der Waals surface area contributed by atoms with Crippen LogP contribution in [0.5, 0.6) is 5.75 Å². The number of halogens is 3. The van der Waals surface area contributed by atoms with E-state index in [0.29, 0.717) is 16.7 Å². The molecule has 0 saturated carbocycles. The third-order valence-corrected chi connectivity index (χ3v) is 3.18. The molecule has 0 N–H and O–H groups in total. The van der Waals surface area contributed by atoms with E-state index in [9.17, 15) is 23.2 Å². The number of alkyl halides is 3. The molecule has 136 valence electrons. The van der Waals surface area contributed by atoms with Crippen molar-refractivity contribution in [2.24, 2.45) is 0 Å². The van der Waals surface area contributed by atoms with Crippen LogP contribution >= 0.6 is 0 Å². The molecule has 2 aromatic rings. The van der Waals surface area contributed by atoms with E-state index in [0.717, 1.165) is 12.1 Å². The van der Waals surface area contributed by atoms with Crippen molar-refractivity contribution in [3.8, 4) is 22.9 Å². The monoisotopic (exact) mass is 363 g/mol. The van der Waals surface area contributed by atoms with Gasteiger partial charge >= 0.3 is 12.3 Å². The number of carbonyl (C=O) groups is 1. The number of hydrogen-bond acceptors (Lipinski definition) is 4. The average Bonchev–Trinajstić information content (AvgIpc) is 2.52. The fourth-order valence-electron chi connectivity index (χ4n) is 2.19. The first kappa shape index (κ1) is 19.3. The van der Waals surface area contributed by atoms with Crippen molar-refractivity contribution in [3.05, 3.63) is 53.6 Å². The maximum atomic E-state index is 12.3. The molecule has 26 heavy (non-hydrogen) atoms. The lowest BCUT2D eigenvalue weighted by atomic mass is 9.99. The first-order chi connectivity index (χ1) is 12.0. The van der Waals surface area contributed by atoms with Crippen LogP contribution in [0.2, 0.25) is 0 Å². The quantitative estimate of drug-likeness (QED) is 0.714. The second-order valence-electron chi connectivity index (χ2n) is 6.45. The van der Waals surface area contributed by atoms with E-state index in [1.807, 2.05) is 6.07 Å². The summed E-state index contributed by atoms with van der Waals surface area (Å²) in [5, 5.41) is 9.21. The molecular formula is C19H16F3NO3. The van der Waals surface area contributed by atoms with Gasteiger partial charge < -0.3 is 9.47 Å². The van der Waals surface area contributed by atoms with Crippen LogP contribution in [0.4, 0.5) is 13.2 Å². The largest absolute Gasteiger partial charge is 0.573 e. The molecule has 0 amide bonds. The molecule has 0 unspecified atom stereocenters. The van der Waals surface area contributed by atoms with Gasteiger partial charge in [0.05, 0.1) is 17.2 Å². The van der Waals surface area contributed by atoms with E-state index in [1.165, 1.54) is 18.2 Å². The van der Waals surface area contributed by atoms with Crippen LogP contribution in [0.1, 0.15) is 36.7 Å². The minimum atomic E-state index is -4.83. The summed E-state index contributed by atoms with van der Waals surface area (Å²) in [5.41, 5.74) is 0.735. The Labute approximate surface area is 148 Å². The van der Waals surface area contributed by atoms with Gasteiger partial charge in [-0.15, -0.1) is 13.2 Å². The van der Waals surface area contributed by atoms with Gasteiger partial charge in [0.25, 0.3) is 0 Å². The van der Waals surface area contributed by atoms with E-state index < -0.39 is 23.7 Å². The van der Waals surface area contributed by atoms with E-state index in [1.54, 1.807) is 32.9 Å². The van der Waals surface area contributed by atoms with Crippen LogP contribution in [-0.2, 0) is 4.74 Å². The number of nitriles is 1. The predicted octanol–water partition coefficient (Wildman–Crippen LogP) is 5.08. The van der Waals surface area contributed by atoms with Gasteiger partial charge in [-0.3, -0.25) is 0 Å². The van der Waals surface area contributed by atoms with Crippen molar-refractivity contribution < 1.29 is 27.4 Å². The average molecular weight is 363 g/mol. The molecule has 0 aromatic heterocycles. The summed E-state index contributed by atoms with van der Waals surface area (Å²) in [6, 6.07) is 11.6. The van der Waals surface area contributed by atoms with Crippen molar-refractivity contribution in [2.45, 2.75) is 32.7 Å². The summed E-state index contributed by atoms with van der Waals surface area (Å²) in [6.45, 7) is 5.26. The standard InChI is InChI=1S/C19H16F3NO3/c1-18(2,3)26-17(24)13-6-4-12(5-7-13)16-9-8-15(10-14(16)11-23)25-19(20,21)22/h4-10H,1-3H3. The van der Waals surface area contributed by atoms with Crippen LogP contribution in [0, 0.1) is 11.3 Å². The van der Waals surface area contributed by atoms with E-state index >= 15 is 0 Å². The molecule has 2 aromatic carbocycles. The second-order valence-corrected chi connectivity index (χ2v) is 6.45. The molecule has 0 heterocycles. The van der Waals surface area contributed by atoms with Crippen molar-refractivity contribution in [2.75, 3.05) is 0 Å². The van der Waals surface area contributed by atoms with Gasteiger partial charge in [0.1, 0.15) is 11.4 Å². The molecule has 0 radical (unpaired) electrons. The third-order valence-electron chi connectivity index (χ3n) is 3.18. The summed E-state index contributed by atoms with van der Waals surface area (Å²) in [5.74, 6) is -0.957. The summed E-state index contributed by atoms with van der Waals surface area (Å²) in [7, 11) is 0. The molecule has 0 aliphatic rings. The highest BCUT2D eigenvalue weighted by Crippen LogP contribution is 2.30. The van der Waals surface area contributed by atoms with Crippen molar-refractivity contribution >= 4 is 5.97 Å². The molecule has 0 aliphatic heterocycles. The number of nitrogens with zero attached hydrogens (tertiary/aromatic N) is 1. The van der Waals surface area contributed by atoms with Gasteiger partial charge in [0, 0.05) is 0 Å². The smallest absolute Gasteiger partial charge is 0.456 e. The lowest BCUT2D eigenvalue weighted by Crippen LogP contribution is -2.23. The number of esters is 1. The number of rotatable bonds is 3. The number of hydrogen-bond donors (Lipinski definition) is 0. The minimum absolute atomic E-state index is 0.0248. The van der Waals surface area contributed by atoms with Gasteiger partial charge in [-0.1, -0.05) is 12.1 Å². The molecule has 0 spiro atoms. The Morgan fingerprint density at radius 3 is 2.15 bits per heavy atom. The van der Waals surface area contributed by atoms with E-state index in [-0.39, 0.29) is 5.56 Å². The first-order valence-electron chi connectivity index (χ1n) is 7.62. The Morgan fingerprint density at radius 1 is 1.04 bits per heavy atom. The highest BCUT2D eigenvalue weighted by molar-refractivity contribution is 5.90. The maximum absolute atomic E-state index is 12.3. The molecule has 0 bridgehead atoms. The van der Waals surface area contributed by atoms with Crippen molar-refractivity contribution in [3.63, 3.8) is 0 Å². The minimum Gasteiger partial charge on any atom is -0.456 e. The summed E-state index contributed by atoms with van der Waals surface area (Å²) < 4.78 is 45.9. The second kappa shape index (κ2) is 7.08. The fourth-order valence-corrected chi connectivity index (χ4v) is 2.19. The number of carbonyl (C=O) groups excluding carboxylic acids is 1. The number of ether oxygens (including phenoxy) is 2. The summed E-state index contributed by atoms with van der Waals surface area (Å²) >= 11 is 0. The van der Waals surface area contributed by atoms with Gasteiger partial charge in [-0.2, -0.15) is 5.26 Å². The Balaban J connectivity index is 2.29. The number of benzene rings is 2. The zero-order valence-corrected chi connectivity index (χ0v) is 14.3. The highest BCUT2D eigenvalue weighted by atomic mass is 19.4. The molecule has 4 nitrogen and oxygen atoms in total. The van der Waals surface area contributed by atoms with Gasteiger partial charge in [-0.25, -0.2) is 4.79 Å². The molecule has 0 fully saturated rings. The predicted molar refractivity (Wildman–Crippen MR) is 88.4 cm³/mol. The van der Waals surface area contributed by atoms with Crippen LogP contribution in [0.3, 0.4) is 0 Å². The molecule has 0 aliphatic carbocycles. The SMILES string of the molecule is CC(C)(C)OC(=O)c1ccc(-c2ccc(OC(F)(F)F)cc2C#N)cc1. The van der Waals surface area contributed by atoms with Crippen LogP contribution in [-0.4, -0.2) is 17.9 Å². The molecule has 2 rings (SSSR count). The summed E-state index contributed by atoms with van der Waals surface area (Å²) in [6.07, 6.45) is -4.83. The summed E-state index contributed by atoms with van der Waals surface area (Å²) in [4.78, 5) is 12.0. The van der Waals surface area contributed by atoms with Crippen LogP contribution < -0.4 is 4.74 Å². The lowest BCUT2D eigenvalue weighted by Gasteiger charge is -2.19. The zero-order chi connectivity index (χ0) is 19.5. The lowest BCUT2D eigenvalue weighted by molar-refractivity contribution is -0.274.